The molecule has 1 aliphatic rings. The van der Waals surface area contributed by atoms with E-state index in [1.54, 1.807) is 24.1 Å². The molecule has 1 atom stereocenters. The quantitative estimate of drug-likeness (QED) is 0.900. The average molecular weight is 311 g/mol. The van der Waals surface area contributed by atoms with E-state index in [4.69, 9.17) is 16.3 Å². The minimum atomic E-state index is -0.126. The topological polar surface area (TPSA) is 58.6 Å². The molecule has 0 spiro atoms. The average Bonchev–Trinajstić information content (AvgIpc) is 2.47. The van der Waals surface area contributed by atoms with Crippen LogP contribution in [-0.2, 0) is 9.59 Å². The van der Waals surface area contributed by atoms with Crippen LogP contribution < -0.4 is 10.1 Å². The Balaban J connectivity index is 1.75. The highest BCUT2D eigenvalue weighted by Gasteiger charge is 2.26. The minimum Gasteiger partial charge on any atom is -0.492 e. The van der Waals surface area contributed by atoms with Crippen LogP contribution in [0.15, 0.2) is 24.3 Å². The zero-order valence-corrected chi connectivity index (χ0v) is 12.7. The Morgan fingerprint density at radius 2 is 2.33 bits per heavy atom. The number of hydrogen-bond acceptors (Lipinski definition) is 3. The molecule has 1 fully saturated rings. The van der Waals surface area contributed by atoms with Crippen molar-refractivity contribution in [1.29, 1.82) is 0 Å². The van der Waals surface area contributed by atoms with E-state index in [2.05, 4.69) is 5.32 Å². The van der Waals surface area contributed by atoms with Gasteiger partial charge in [0.15, 0.2) is 0 Å². The first-order valence-electron chi connectivity index (χ1n) is 6.96. The molecule has 6 heteroatoms. The largest absolute Gasteiger partial charge is 0.492 e. The van der Waals surface area contributed by atoms with Crippen molar-refractivity contribution in [2.75, 3.05) is 26.7 Å². The van der Waals surface area contributed by atoms with Crippen molar-refractivity contribution in [3.8, 4) is 5.75 Å². The zero-order valence-electron chi connectivity index (χ0n) is 12.0. The van der Waals surface area contributed by atoms with Gasteiger partial charge in [0, 0.05) is 25.0 Å². The Morgan fingerprint density at radius 1 is 1.52 bits per heavy atom. The summed E-state index contributed by atoms with van der Waals surface area (Å²) in [6.07, 6.45) is 1.04. The van der Waals surface area contributed by atoms with Crippen molar-refractivity contribution in [3.63, 3.8) is 0 Å². The maximum absolute atomic E-state index is 12.2. The summed E-state index contributed by atoms with van der Waals surface area (Å²) in [7, 11) is 1.75. The molecule has 2 rings (SSSR count). The van der Waals surface area contributed by atoms with Gasteiger partial charge in [-0.1, -0.05) is 17.7 Å². The molecule has 0 radical (unpaired) electrons. The van der Waals surface area contributed by atoms with E-state index in [1.807, 2.05) is 12.1 Å². The van der Waals surface area contributed by atoms with Crippen LogP contribution in [0.3, 0.4) is 0 Å². The number of likely N-dealkylation sites (N-methyl/N-ethyl adjacent to an activating group) is 1. The number of halogens is 1. The fourth-order valence-corrected chi connectivity index (χ4v) is 2.40. The summed E-state index contributed by atoms with van der Waals surface area (Å²) < 4.78 is 5.56. The summed E-state index contributed by atoms with van der Waals surface area (Å²) >= 11 is 5.87. The zero-order chi connectivity index (χ0) is 15.2. The molecule has 0 bridgehead atoms. The maximum atomic E-state index is 12.2. The molecule has 1 heterocycles. The third kappa shape index (κ3) is 4.63. The standard InChI is InChI=1S/C15H19ClN2O3/c1-18(15(20)11-5-6-14(19)17-10-11)7-8-21-13-4-2-3-12(16)9-13/h2-4,9,11H,5-8,10H2,1H3,(H,17,19). The van der Waals surface area contributed by atoms with E-state index in [1.165, 1.54) is 0 Å². The Morgan fingerprint density at radius 3 is 3.00 bits per heavy atom. The van der Waals surface area contributed by atoms with E-state index in [0.717, 1.165) is 0 Å². The number of hydrogen-bond donors (Lipinski definition) is 1. The molecule has 1 aliphatic heterocycles. The van der Waals surface area contributed by atoms with Gasteiger partial charge in [0.25, 0.3) is 0 Å². The summed E-state index contributed by atoms with van der Waals surface area (Å²) in [5.41, 5.74) is 0. The first kappa shape index (κ1) is 15.6. The lowest BCUT2D eigenvalue weighted by Gasteiger charge is -2.26. The van der Waals surface area contributed by atoms with Crippen molar-refractivity contribution < 1.29 is 14.3 Å². The highest BCUT2D eigenvalue weighted by atomic mass is 35.5. The van der Waals surface area contributed by atoms with Gasteiger partial charge in [-0.2, -0.15) is 0 Å². The van der Waals surface area contributed by atoms with Crippen LogP contribution in [0.5, 0.6) is 5.75 Å². The number of carbonyl (C=O) groups is 2. The molecule has 114 valence electrons. The van der Waals surface area contributed by atoms with Gasteiger partial charge in [-0.05, 0) is 24.6 Å². The first-order valence-corrected chi connectivity index (χ1v) is 7.34. The number of amides is 2. The number of nitrogens with zero attached hydrogens (tertiary/aromatic N) is 1. The lowest BCUT2D eigenvalue weighted by Crippen LogP contribution is -2.44. The summed E-state index contributed by atoms with van der Waals surface area (Å²) in [6, 6.07) is 7.16. The second kappa shape index (κ2) is 7.31. The summed E-state index contributed by atoms with van der Waals surface area (Å²) in [5, 5.41) is 3.34. The predicted octanol–water partition coefficient (Wildman–Crippen LogP) is 1.70. The lowest BCUT2D eigenvalue weighted by molar-refractivity contribution is -0.136. The smallest absolute Gasteiger partial charge is 0.227 e. The Kier molecular flexibility index (Phi) is 5.44. The van der Waals surface area contributed by atoms with Gasteiger partial charge in [-0.25, -0.2) is 0 Å². The van der Waals surface area contributed by atoms with Crippen LogP contribution in [-0.4, -0.2) is 43.5 Å². The predicted molar refractivity (Wildman–Crippen MR) is 80.3 cm³/mol. The number of piperidine rings is 1. The van der Waals surface area contributed by atoms with Gasteiger partial charge in [0.2, 0.25) is 11.8 Å². The Labute approximate surface area is 129 Å². The molecule has 0 aliphatic carbocycles. The van der Waals surface area contributed by atoms with E-state index in [-0.39, 0.29) is 17.7 Å². The van der Waals surface area contributed by atoms with E-state index in [9.17, 15) is 9.59 Å². The number of carbonyl (C=O) groups excluding carboxylic acids is 2. The summed E-state index contributed by atoms with van der Waals surface area (Å²) in [6.45, 7) is 1.33. The number of ether oxygens (including phenoxy) is 1. The number of nitrogens with one attached hydrogen (secondary N) is 1. The third-order valence-corrected chi connectivity index (χ3v) is 3.72. The first-order chi connectivity index (χ1) is 10.1. The fourth-order valence-electron chi connectivity index (χ4n) is 2.22. The van der Waals surface area contributed by atoms with Crippen molar-refractivity contribution in [2.24, 2.45) is 5.92 Å². The summed E-state index contributed by atoms with van der Waals surface area (Å²) in [5.74, 6) is 0.628. The van der Waals surface area contributed by atoms with Crippen LogP contribution in [0.4, 0.5) is 0 Å². The molecule has 1 aromatic carbocycles. The number of rotatable bonds is 5. The van der Waals surface area contributed by atoms with E-state index >= 15 is 0 Å². The van der Waals surface area contributed by atoms with Crippen LogP contribution in [0.1, 0.15) is 12.8 Å². The molecular weight excluding hydrogens is 292 g/mol. The second-order valence-corrected chi connectivity index (χ2v) is 5.54. The second-order valence-electron chi connectivity index (χ2n) is 5.11. The molecule has 1 aromatic rings. The number of benzene rings is 1. The molecule has 21 heavy (non-hydrogen) atoms. The molecule has 1 saturated heterocycles. The van der Waals surface area contributed by atoms with E-state index in [0.29, 0.717) is 43.3 Å². The normalized spacial score (nSPS) is 18.0. The fraction of sp³-hybridized carbons (Fsp3) is 0.467. The Bertz CT molecular complexity index is 511. The lowest BCUT2D eigenvalue weighted by atomic mass is 9.98. The van der Waals surface area contributed by atoms with Crippen LogP contribution >= 0.6 is 11.6 Å². The molecule has 2 amide bonds. The molecule has 0 saturated carbocycles. The minimum absolute atomic E-state index is 0.0194. The molecular formula is C15H19ClN2O3. The van der Waals surface area contributed by atoms with Gasteiger partial charge in [0.05, 0.1) is 12.5 Å². The Hall–Kier alpha value is -1.75. The molecule has 1 N–H and O–H groups in total. The van der Waals surface area contributed by atoms with Crippen LogP contribution in [0.25, 0.3) is 0 Å². The third-order valence-electron chi connectivity index (χ3n) is 3.48. The van der Waals surface area contributed by atoms with Crippen molar-refractivity contribution >= 4 is 23.4 Å². The van der Waals surface area contributed by atoms with Gasteiger partial charge in [0.1, 0.15) is 12.4 Å². The summed E-state index contributed by atoms with van der Waals surface area (Å²) in [4.78, 5) is 24.9. The van der Waals surface area contributed by atoms with Crippen molar-refractivity contribution in [1.82, 2.24) is 10.2 Å². The monoisotopic (exact) mass is 310 g/mol. The SMILES string of the molecule is CN(CCOc1cccc(Cl)c1)C(=O)C1CCC(=O)NC1. The maximum Gasteiger partial charge on any atom is 0.227 e. The van der Waals surface area contributed by atoms with Crippen LogP contribution in [0, 0.1) is 5.92 Å². The van der Waals surface area contributed by atoms with Crippen LogP contribution in [0.2, 0.25) is 5.02 Å². The van der Waals surface area contributed by atoms with Gasteiger partial charge in [-0.15, -0.1) is 0 Å². The van der Waals surface area contributed by atoms with E-state index < -0.39 is 0 Å². The van der Waals surface area contributed by atoms with Gasteiger partial charge < -0.3 is 15.0 Å². The van der Waals surface area contributed by atoms with Gasteiger partial charge >= 0.3 is 0 Å². The van der Waals surface area contributed by atoms with Crippen molar-refractivity contribution in [2.45, 2.75) is 12.8 Å². The molecule has 5 nitrogen and oxygen atoms in total. The molecule has 1 unspecified atom stereocenters. The molecule has 0 aromatic heterocycles. The van der Waals surface area contributed by atoms with Gasteiger partial charge in [-0.3, -0.25) is 9.59 Å². The highest BCUT2D eigenvalue weighted by molar-refractivity contribution is 6.30. The van der Waals surface area contributed by atoms with Crippen molar-refractivity contribution in [3.05, 3.63) is 29.3 Å². The highest BCUT2D eigenvalue weighted by Crippen LogP contribution is 2.17.